The van der Waals surface area contributed by atoms with Crippen molar-refractivity contribution in [2.45, 2.75) is 0 Å². The van der Waals surface area contributed by atoms with Gasteiger partial charge in [0.15, 0.2) is 0 Å². The summed E-state index contributed by atoms with van der Waals surface area (Å²) in [5.41, 5.74) is 11.1. The molecule has 0 amide bonds. The van der Waals surface area contributed by atoms with Crippen LogP contribution in [0.15, 0.2) is 162 Å². The second-order valence-electron chi connectivity index (χ2n) is 11.7. The molecule has 0 bridgehead atoms. The minimum atomic E-state index is 0.885. The summed E-state index contributed by atoms with van der Waals surface area (Å²) in [4.78, 5) is 0. The molecule has 3 heteroatoms. The maximum absolute atomic E-state index is 6.70. The van der Waals surface area contributed by atoms with Crippen LogP contribution in [0.4, 0.5) is 0 Å². The second-order valence-corrected chi connectivity index (χ2v) is 11.7. The summed E-state index contributed by atoms with van der Waals surface area (Å²) in [6, 6.07) is 56.3. The van der Waals surface area contributed by atoms with Gasteiger partial charge < -0.3 is 13.6 Å². The predicted octanol–water partition coefficient (Wildman–Crippen LogP) is 11.4. The largest absolute Gasteiger partial charge is 0.455 e. The van der Waals surface area contributed by atoms with Gasteiger partial charge in [0, 0.05) is 55.3 Å². The number of nitrogens with zero attached hydrogens (tertiary/aromatic N) is 2. The summed E-state index contributed by atoms with van der Waals surface area (Å²) < 4.78 is 11.5. The Bertz CT molecular complexity index is 2740. The van der Waals surface area contributed by atoms with Gasteiger partial charge in [-0.25, -0.2) is 0 Å². The predicted molar refractivity (Wildman–Crippen MR) is 188 cm³/mol. The molecule has 7 aromatic carbocycles. The van der Waals surface area contributed by atoms with Crippen molar-refractivity contribution in [1.82, 2.24) is 9.13 Å². The molecule has 0 saturated heterocycles. The molecule has 3 nitrogen and oxygen atoms in total. The first kappa shape index (κ1) is 24.4. The van der Waals surface area contributed by atoms with E-state index in [-0.39, 0.29) is 0 Å². The average molecular weight is 575 g/mol. The van der Waals surface area contributed by atoms with Crippen LogP contribution in [0.5, 0.6) is 0 Å². The van der Waals surface area contributed by atoms with E-state index in [9.17, 15) is 0 Å². The van der Waals surface area contributed by atoms with E-state index < -0.39 is 0 Å². The van der Waals surface area contributed by atoms with E-state index in [0.29, 0.717) is 0 Å². The molecule has 3 aromatic heterocycles. The molecule has 0 N–H and O–H groups in total. The number of aromatic nitrogens is 2. The molecule has 0 aliphatic rings. The Morgan fingerprint density at radius 3 is 1.89 bits per heavy atom. The SMILES string of the molecule is c1ccc(-c2cccc3c2oc2cc(-n4c5ccccc5c5ccc6c(c7ccccc7n6-c6ccccc6)c54)ccc23)cc1. The topological polar surface area (TPSA) is 23.0 Å². The van der Waals surface area contributed by atoms with Crippen LogP contribution in [0.2, 0.25) is 0 Å². The third-order valence-corrected chi connectivity index (χ3v) is 9.31. The first-order valence-corrected chi connectivity index (χ1v) is 15.4. The fraction of sp³-hybridized carbons (Fsp3) is 0. The summed E-state index contributed by atoms with van der Waals surface area (Å²) in [7, 11) is 0. The van der Waals surface area contributed by atoms with Gasteiger partial charge in [-0.2, -0.15) is 0 Å². The first-order chi connectivity index (χ1) is 22.3. The van der Waals surface area contributed by atoms with Crippen molar-refractivity contribution in [3.8, 4) is 22.5 Å². The molecule has 45 heavy (non-hydrogen) atoms. The van der Waals surface area contributed by atoms with Crippen LogP contribution in [-0.4, -0.2) is 9.13 Å². The van der Waals surface area contributed by atoms with Gasteiger partial charge >= 0.3 is 0 Å². The molecule has 0 fully saturated rings. The zero-order chi connectivity index (χ0) is 29.5. The molecule has 0 aliphatic heterocycles. The maximum Gasteiger partial charge on any atom is 0.143 e. The van der Waals surface area contributed by atoms with Crippen molar-refractivity contribution < 1.29 is 4.42 Å². The van der Waals surface area contributed by atoms with E-state index in [1.807, 2.05) is 0 Å². The van der Waals surface area contributed by atoms with E-state index in [2.05, 4.69) is 167 Å². The Kier molecular flexibility index (Phi) is 5.00. The number of para-hydroxylation sites is 4. The molecule has 0 unspecified atom stereocenters. The van der Waals surface area contributed by atoms with Crippen LogP contribution < -0.4 is 0 Å². The average Bonchev–Trinajstić information content (AvgIpc) is 3.76. The van der Waals surface area contributed by atoms with Crippen LogP contribution in [0, 0.1) is 0 Å². The van der Waals surface area contributed by atoms with E-state index in [4.69, 9.17) is 4.42 Å². The van der Waals surface area contributed by atoms with Gasteiger partial charge in [-0.05, 0) is 48.0 Å². The van der Waals surface area contributed by atoms with E-state index in [0.717, 1.165) is 44.4 Å². The highest BCUT2D eigenvalue weighted by Crippen LogP contribution is 2.43. The Balaban J connectivity index is 1.32. The lowest BCUT2D eigenvalue weighted by Gasteiger charge is -2.10. The quantitative estimate of drug-likeness (QED) is 0.206. The Labute approximate surface area is 258 Å². The summed E-state index contributed by atoms with van der Waals surface area (Å²) in [5, 5.41) is 7.22. The molecule has 0 spiro atoms. The van der Waals surface area contributed by atoms with Crippen molar-refractivity contribution in [2.75, 3.05) is 0 Å². The summed E-state index contributed by atoms with van der Waals surface area (Å²) in [6.45, 7) is 0. The van der Waals surface area contributed by atoms with Gasteiger partial charge in [0.2, 0.25) is 0 Å². The van der Waals surface area contributed by atoms with Crippen molar-refractivity contribution in [3.63, 3.8) is 0 Å². The zero-order valence-corrected chi connectivity index (χ0v) is 24.3. The highest BCUT2D eigenvalue weighted by atomic mass is 16.3. The number of rotatable bonds is 3. The highest BCUT2D eigenvalue weighted by molar-refractivity contribution is 6.26. The van der Waals surface area contributed by atoms with E-state index >= 15 is 0 Å². The summed E-state index contributed by atoms with van der Waals surface area (Å²) >= 11 is 0. The van der Waals surface area contributed by atoms with E-state index in [1.165, 1.54) is 43.6 Å². The number of fused-ring (bicyclic) bond motifs is 10. The number of benzene rings is 7. The fourth-order valence-electron chi connectivity index (χ4n) is 7.40. The minimum absolute atomic E-state index is 0.885. The standard InChI is InChI=1S/C42H26N2O/c1-3-12-27(13-4-1)30-18-11-19-34-32-23-22-29(26-39(32)45-42(30)34)44-36-20-9-7-16-31(36)33-24-25-38-40(41(33)44)35-17-8-10-21-37(35)43(38)28-14-5-2-6-15-28/h1-26H. The second kappa shape index (κ2) is 9.22. The van der Waals surface area contributed by atoms with E-state index in [1.54, 1.807) is 0 Å². The lowest BCUT2D eigenvalue weighted by molar-refractivity contribution is 0.669. The van der Waals surface area contributed by atoms with Gasteiger partial charge in [-0.1, -0.05) is 109 Å². The maximum atomic E-state index is 6.70. The third-order valence-electron chi connectivity index (χ3n) is 9.31. The number of furan rings is 1. The Hall–Kier alpha value is -6.06. The third kappa shape index (κ3) is 3.41. The Morgan fingerprint density at radius 1 is 0.400 bits per heavy atom. The molecule has 10 rings (SSSR count). The molecule has 3 heterocycles. The fourth-order valence-corrected chi connectivity index (χ4v) is 7.40. The van der Waals surface area contributed by atoms with Crippen LogP contribution >= 0.6 is 0 Å². The van der Waals surface area contributed by atoms with Crippen molar-refractivity contribution in [3.05, 3.63) is 158 Å². The normalized spacial score (nSPS) is 12.0. The van der Waals surface area contributed by atoms with Crippen LogP contribution in [-0.2, 0) is 0 Å². The van der Waals surface area contributed by atoms with Gasteiger partial charge in [-0.3, -0.25) is 0 Å². The molecular weight excluding hydrogens is 548 g/mol. The van der Waals surface area contributed by atoms with Crippen molar-refractivity contribution >= 4 is 65.6 Å². The van der Waals surface area contributed by atoms with Gasteiger partial charge in [0.1, 0.15) is 11.2 Å². The molecule has 0 atom stereocenters. The van der Waals surface area contributed by atoms with Gasteiger partial charge in [0.25, 0.3) is 0 Å². The Morgan fingerprint density at radius 2 is 1.07 bits per heavy atom. The number of hydrogen-bond donors (Lipinski definition) is 0. The molecule has 0 radical (unpaired) electrons. The van der Waals surface area contributed by atoms with Gasteiger partial charge in [-0.15, -0.1) is 0 Å². The molecular formula is C42H26N2O. The lowest BCUT2D eigenvalue weighted by atomic mass is 10.0. The smallest absolute Gasteiger partial charge is 0.143 e. The molecule has 0 aliphatic carbocycles. The lowest BCUT2D eigenvalue weighted by Crippen LogP contribution is -1.95. The summed E-state index contributed by atoms with van der Waals surface area (Å²) in [6.07, 6.45) is 0. The molecule has 10 aromatic rings. The van der Waals surface area contributed by atoms with Gasteiger partial charge in [0.05, 0.1) is 22.1 Å². The summed E-state index contributed by atoms with van der Waals surface area (Å²) in [5.74, 6) is 0. The van der Waals surface area contributed by atoms with Crippen molar-refractivity contribution in [2.24, 2.45) is 0 Å². The van der Waals surface area contributed by atoms with Crippen LogP contribution in [0.1, 0.15) is 0 Å². The monoisotopic (exact) mass is 574 g/mol. The van der Waals surface area contributed by atoms with Crippen LogP contribution in [0.25, 0.3) is 88.1 Å². The zero-order valence-electron chi connectivity index (χ0n) is 24.3. The minimum Gasteiger partial charge on any atom is -0.455 e. The van der Waals surface area contributed by atoms with Crippen LogP contribution in [0.3, 0.4) is 0 Å². The first-order valence-electron chi connectivity index (χ1n) is 15.4. The molecule has 210 valence electrons. The molecule has 0 saturated carbocycles. The number of hydrogen-bond acceptors (Lipinski definition) is 1. The highest BCUT2D eigenvalue weighted by Gasteiger charge is 2.21. The van der Waals surface area contributed by atoms with Crippen molar-refractivity contribution in [1.29, 1.82) is 0 Å².